The van der Waals surface area contributed by atoms with E-state index in [1.807, 2.05) is 0 Å². The van der Waals surface area contributed by atoms with Crippen molar-refractivity contribution >= 4 is 6.09 Å². The van der Waals surface area contributed by atoms with Crippen LogP contribution in [-0.4, -0.2) is 53.6 Å². The quantitative estimate of drug-likeness (QED) is 0.755. The molecule has 1 heterocycles. The molecule has 2 aliphatic rings. The molecule has 16 heavy (non-hydrogen) atoms. The number of hydrogen-bond donors (Lipinski definition) is 2. The van der Waals surface area contributed by atoms with Crippen LogP contribution < -0.4 is 0 Å². The van der Waals surface area contributed by atoms with Gasteiger partial charge in [0.1, 0.15) is 0 Å². The fourth-order valence-corrected chi connectivity index (χ4v) is 2.82. The average molecular weight is 229 g/mol. The van der Waals surface area contributed by atoms with Crippen LogP contribution in [-0.2, 0) is 4.74 Å². The number of aliphatic hydroxyl groups excluding tert-OH is 1. The second-order valence-electron chi connectivity index (χ2n) is 4.89. The smallest absolute Gasteiger partial charge is 0.407 e. The molecule has 1 aliphatic heterocycles. The predicted molar refractivity (Wildman–Crippen MR) is 57.3 cm³/mol. The number of likely N-dealkylation sites (tertiary alicyclic amines) is 1. The standard InChI is InChI=1S/C11H19NO4/c13-5-6-16-9-7-11(8-9)1-3-12(4-2-11)10(14)15/h9,13H,1-8H2,(H,14,15). The molecule has 2 fully saturated rings. The van der Waals surface area contributed by atoms with Gasteiger partial charge in [0, 0.05) is 13.1 Å². The van der Waals surface area contributed by atoms with Crippen LogP contribution in [0.2, 0.25) is 0 Å². The van der Waals surface area contributed by atoms with Crippen LogP contribution in [0.1, 0.15) is 25.7 Å². The molecule has 0 aromatic rings. The fraction of sp³-hybridized carbons (Fsp3) is 0.909. The zero-order valence-electron chi connectivity index (χ0n) is 9.39. The molecule has 1 saturated heterocycles. The number of amides is 1. The number of nitrogens with zero attached hydrogens (tertiary/aromatic N) is 1. The van der Waals surface area contributed by atoms with Gasteiger partial charge in [-0.1, -0.05) is 0 Å². The van der Waals surface area contributed by atoms with Gasteiger partial charge in [0.05, 0.1) is 19.3 Å². The average Bonchev–Trinajstić information content (AvgIpc) is 2.24. The van der Waals surface area contributed by atoms with E-state index in [2.05, 4.69) is 0 Å². The zero-order valence-corrected chi connectivity index (χ0v) is 9.39. The number of aliphatic hydroxyl groups is 1. The highest BCUT2D eigenvalue weighted by Gasteiger charge is 2.46. The van der Waals surface area contributed by atoms with Gasteiger partial charge in [-0.2, -0.15) is 0 Å². The number of piperidine rings is 1. The molecule has 0 unspecified atom stereocenters. The molecule has 2 rings (SSSR count). The molecule has 5 heteroatoms. The van der Waals surface area contributed by atoms with E-state index < -0.39 is 6.09 Å². The normalized spacial score (nSPS) is 24.4. The Bertz CT molecular complexity index is 253. The summed E-state index contributed by atoms with van der Waals surface area (Å²) in [6.07, 6.45) is 3.45. The van der Waals surface area contributed by atoms with E-state index >= 15 is 0 Å². The van der Waals surface area contributed by atoms with E-state index in [-0.39, 0.29) is 12.7 Å². The second-order valence-corrected chi connectivity index (χ2v) is 4.89. The molecular weight excluding hydrogens is 210 g/mol. The number of rotatable bonds is 3. The van der Waals surface area contributed by atoms with Crippen LogP contribution in [0.5, 0.6) is 0 Å². The first-order valence-electron chi connectivity index (χ1n) is 5.86. The summed E-state index contributed by atoms with van der Waals surface area (Å²) in [6, 6.07) is 0. The van der Waals surface area contributed by atoms with Crippen LogP contribution >= 0.6 is 0 Å². The molecule has 1 saturated carbocycles. The topological polar surface area (TPSA) is 70.0 Å². The van der Waals surface area contributed by atoms with Crippen molar-refractivity contribution < 1.29 is 19.7 Å². The van der Waals surface area contributed by atoms with Gasteiger partial charge in [-0.15, -0.1) is 0 Å². The summed E-state index contributed by atoms with van der Waals surface area (Å²) in [5.74, 6) is 0. The molecule has 1 amide bonds. The maximum atomic E-state index is 10.8. The highest BCUT2D eigenvalue weighted by atomic mass is 16.5. The highest BCUT2D eigenvalue weighted by molar-refractivity contribution is 5.65. The molecule has 0 aromatic carbocycles. The Morgan fingerprint density at radius 3 is 2.50 bits per heavy atom. The molecule has 5 nitrogen and oxygen atoms in total. The number of hydrogen-bond acceptors (Lipinski definition) is 3. The van der Waals surface area contributed by atoms with Gasteiger partial charge in [-0.3, -0.25) is 0 Å². The summed E-state index contributed by atoms with van der Waals surface area (Å²) in [7, 11) is 0. The van der Waals surface area contributed by atoms with Crippen molar-refractivity contribution in [3.8, 4) is 0 Å². The molecule has 0 atom stereocenters. The Morgan fingerprint density at radius 1 is 1.38 bits per heavy atom. The van der Waals surface area contributed by atoms with E-state index in [1.54, 1.807) is 0 Å². The second kappa shape index (κ2) is 4.59. The molecule has 92 valence electrons. The van der Waals surface area contributed by atoms with Crippen molar-refractivity contribution in [3.63, 3.8) is 0 Å². The molecule has 1 aliphatic carbocycles. The predicted octanol–water partition coefficient (Wildman–Crippen LogP) is 0.918. The third-order valence-corrected chi connectivity index (χ3v) is 3.86. The van der Waals surface area contributed by atoms with Crippen molar-refractivity contribution in [2.24, 2.45) is 5.41 Å². The highest BCUT2D eigenvalue weighted by Crippen LogP contribution is 2.50. The molecule has 0 aromatic heterocycles. The minimum Gasteiger partial charge on any atom is -0.465 e. The van der Waals surface area contributed by atoms with Crippen LogP contribution in [0.25, 0.3) is 0 Å². The van der Waals surface area contributed by atoms with Crippen LogP contribution in [0.3, 0.4) is 0 Å². The van der Waals surface area contributed by atoms with Crippen molar-refractivity contribution in [2.75, 3.05) is 26.3 Å². The van der Waals surface area contributed by atoms with Crippen LogP contribution in [0.15, 0.2) is 0 Å². The minimum absolute atomic E-state index is 0.0797. The van der Waals surface area contributed by atoms with E-state index in [1.165, 1.54) is 4.90 Å². The Morgan fingerprint density at radius 2 is 2.00 bits per heavy atom. The maximum Gasteiger partial charge on any atom is 0.407 e. The van der Waals surface area contributed by atoms with Gasteiger partial charge in [0.2, 0.25) is 0 Å². The molecule has 1 spiro atoms. The van der Waals surface area contributed by atoms with E-state index in [4.69, 9.17) is 14.9 Å². The van der Waals surface area contributed by atoms with Gasteiger partial charge in [0.15, 0.2) is 0 Å². The molecular formula is C11H19NO4. The van der Waals surface area contributed by atoms with E-state index in [0.717, 1.165) is 25.7 Å². The lowest BCUT2D eigenvalue weighted by Gasteiger charge is -2.51. The summed E-state index contributed by atoms with van der Waals surface area (Å²) in [4.78, 5) is 12.2. The third kappa shape index (κ3) is 2.30. The summed E-state index contributed by atoms with van der Waals surface area (Å²) in [5, 5.41) is 17.5. The Balaban J connectivity index is 1.72. The zero-order chi connectivity index (χ0) is 11.6. The first kappa shape index (κ1) is 11.7. The first-order valence-corrected chi connectivity index (χ1v) is 5.86. The van der Waals surface area contributed by atoms with Crippen molar-refractivity contribution in [1.29, 1.82) is 0 Å². The third-order valence-electron chi connectivity index (χ3n) is 3.86. The van der Waals surface area contributed by atoms with Gasteiger partial charge < -0.3 is 19.8 Å². The van der Waals surface area contributed by atoms with Crippen molar-refractivity contribution in [1.82, 2.24) is 4.90 Å². The number of ether oxygens (including phenoxy) is 1. The maximum absolute atomic E-state index is 10.8. The molecule has 0 bridgehead atoms. The molecule has 2 N–H and O–H groups in total. The lowest BCUT2D eigenvalue weighted by molar-refractivity contribution is -0.107. The van der Waals surface area contributed by atoms with E-state index in [9.17, 15) is 4.79 Å². The lowest BCUT2D eigenvalue weighted by atomic mass is 9.61. The SMILES string of the molecule is O=C(O)N1CCC2(CC1)CC(OCCO)C2. The van der Waals surface area contributed by atoms with Gasteiger partial charge in [-0.05, 0) is 31.1 Å². The molecule has 0 radical (unpaired) electrons. The number of carboxylic acid groups (broad SMARTS) is 1. The summed E-state index contributed by atoms with van der Waals surface area (Å²) < 4.78 is 5.45. The van der Waals surface area contributed by atoms with Crippen molar-refractivity contribution in [3.05, 3.63) is 0 Å². The Labute approximate surface area is 95.0 Å². The lowest BCUT2D eigenvalue weighted by Crippen LogP contribution is -2.51. The summed E-state index contributed by atoms with van der Waals surface area (Å²) in [6.45, 7) is 1.81. The Hall–Kier alpha value is -0.810. The fourth-order valence-electron chi connectivity index (χ4n) is 2.82. The van der Waals surface area contributed by atoms with Gasteiger partial charge in [-0.25, -0.2) is 4.79 Å². The Kier molecular flexibility index (Phi) is 3.35. The van der Waals surface area contributed by atoms with Crippen LogP contribution in [0.4, 0.5) is 4.79 Å². The minimum atomic E-state index is -0.803. The largest absolute Gasteiger partial charge is 0.465 e. The first-order chi connectivity index (χ1) is 7.65. The summed E-state index contributed by atoms with van der Waals surface area (Å²) in [5.41, 5.74) is 0.325. The van der Waals surface area contributed by atoms with Crippen LogP contribution in [0, 0.1) is 5.41 Å². The van der Waals surface area contributed by atoms with Gasteiger partial charge in [0.25, 0.3) is 0 Å². The monoisotopic (exact) mass is 229 g/mol. The summed E-state index contributed by atoms with van der Waals surface area (Å²) >= 11 is 0. The van der Waals surface area contributed by atoms with Crippen molar-refractivity contribution in [2.45, 2.75) is 31.8 Å². The van der Waals surface area contributed by atoms with E-state index in [0.29, 0.717) is 25.1 Å². The number of carbonyl (C=O) groups is 1. The van der Waals surface area contributed by atoms with Gasteiger partial charge >= 0.3 is 6.09 Å².